The number of nitrogens with zero attached hydrogens (tertiary/aromatic N) is 2. The highest BCUT2D eigenvalue weighted by Gasteiger charge is 2.31. The van der Waals surface area contributed by atoms with Gasteiger partial charge in [-0.1, -0.05) is 24.3 Å². The molecule has 0 radical (unpaired) electrons. The standard InChI is InChI=1S/C20H27FN6O5S/c21-16-7-2-1-5-14(16)13-33(31,32)26-17-8-4-10-27(19(17)30)11-18(29)25-15(12-28)6-3-9-24-20(22)23/h1-2,4-5,7,10,12,15,17,26H,3,6,8-9,11,13H2,(H,25,29)(H4,22,23,24)/t15-,17?/m0/s1. The second-order valence-corrected chi connectivity index (χ2v) is 9.12. The topological polar surface area (TPSA) is 177 Å². The van der Waals surface area contributed by atoms with E-state index < -0.39 is 52.0 Å². The lowest BCUT2D eigenvalue weighted by molar-refractivity contribution is -0.135. The number of carbonyl (C=O) groups excluding carboxylic acids is 3. The molecule has 1 unspecified atom stereocenters. The number of nitrogens with one attached hydrogen (secondary N) is 2. The molecule has 0 spiro atoms. The van der Waals surface area contributed by atoms with Crippen molar-refractivity contribution in [2.45, 2.75) is 37.1 Å². The Kier molecular flexibility index (Phi) is 9.48. The van der Waals surface area contributed by atoms with E-state index in [4.69, 9.17) is 11.5 Å². The number of halogens is 1. The van der Waals surface area contributed by atoms with Gasteiger partial charge < -0.3 is 26.5 Å². The number of rotatable bonds is 12. The summed E-state index contributed by atoms with van der Waals surface area (Å²) in [6.07, 6.45) is 4.32. The van der Waals surface area contributed by atoms with Crippen LogP contribution in [0.2, 0.25) is 0 Å². The van der Waals surface area contributed by atoms with Crippen LogP contribution in [-0.2, 0) is 30.2 Å². The maximum absolute atomic E-state index is 13.8. The number of hydrogen-bond donors (Lipinski definition) is 4. The van der Waals surface area contributed by atoms with Crippen molar-refractivity contribution < 1.29 is 27.2 Å². The highest BCUT2D eigenvalue weighted by molar-refractivity contribution is 7.88. The monoisotopic (exact) mass is 482 g/mol. The number of guanidine groups is 1. The molecule has 1 heterocycles. The molecule has 1 aromatic carbocycles. The molecule has 0 saturated heterocycles. The molecular formula is C20H27FN6O5S. The summed E-state index contributed by atoms with van der Waals surface area (Å²) in [5.74, 6) is -2.61. The van der Waals surface area contributed by atoms with E-state index in [2.05, 4.69) is 15.0 Å². The second-order valence-electron chi connectivity index (χ2n) is 7.37. The van der Waals surface area contributed by atoms with Crippen molar-refractivity contribution in [1.82, 2.24) is 14.9 Å². The summed E-state index contributed by atoms with van der Waals surface area (Å²) >= 11 is 0. The number of carbonyl (C=O) groups is 3. The predicted molar refractivity (Wildman–Crippen MR) is 119 cm³/mol. The average Bonchev–Trinajstić information content (AvgIpc) is 2.74. The molecule has 33 heavy (non-hydrogen) atoms. The summed E-state index contributed by atoms with van der Waals surface area (Å²) in [6.45, 7) is -0.107. The lowest BCUT2D eigenvalue weighted by Crippen LogP contribution is -2.51. The fraction of sp³-hybridized carbons (Fsp3) is 0.400. The van der Waals surface area contributed by atoms with E-state index in [1.807, 2.05) is 0 Å². The first-order valence-electron chi connectivity index (χ1n) is 10.1. The van der Waals surface area contributed by atoms with Crippen molar-refractivity contribution in [3.8, 4) is 0 Å². The smallest absolute Gasteiger partial charge is 0.245 e. The fourth-order valence-corrected chi connectivity index (χ4v) is 4.46. The van der Waals surface area contributed by atoms with Crippen LogP contribution in [0.5, 0.6) is 0 Å². The van der Waals surface area contributed by atoms with Gasteiger partial charge in [0.2, 0.25) is 21.8 Å². The average molecular weight is 483 g/mol. The van der Waals surface area contributed by atoms with Crippen LogP contribution < -0.4 is 21.5 Å². The molecule has 180 valence electrons. The number of nitrogens with two attached hydrogens (primary N) is 2. The van der Waals surface area contributed by atoms with Gasteiger partial charge in [0.05, 0.1) is 11.8 Å². The molecule has 0 bridgehead atoms. The summed E-state index contributed by atoms with van der Waals surface area (Å²) in [5, 5.41) is 2.50. The van der Waals surface area contributed by atoms with Gasteiger partial charge in [0.25, 0.3) is 0 Å². The summed E-state index contributed by atoms with van der Waals surface area (Å²) in [6, 6.07) is 3.51. The molecule has 6 N–H and O–H groups in total. The molecule has 1 aliphatic heterocycles. The number of hydrogen-bond acceptors (Lipinski definition) is 6. The Labute approximate surface area is 191 Å². The first-order valence-corrected chi connectivity index (χ1v) is 11.8. The van der Waals surface area contributed by atoms with Crippen LogP contribution in [0.15, 0.2) is 41.5 Å². The molecule has 0 saturated carbocycles. The van der Waals surface area contributed by atoms with Gasteiger partial charge in [-0.05, 0) is 25.3 Å². The van der Waals surface area contributed by atoms with Gasteiger partial charge >= 0.3 is 0 Å². The molecule has 2 rings (SSSR count). The maximum Gasteiger partial charge on any atom is 0.245 e. The van der Waals surface area contributed by atoms with E-state index in [9.17, 15) is 27.2 Å². The third-order valence-corrected chi connectivity index (χ3v) is 5.99. The minimum atomic E-state index is -4.03. The van der Waals surface area contributed by atoms with E-state index in [0.717, 1.165) is 11.0 Å². The van der Waals surface area contributed by atoms with Crippen LogP contribution in [0.4, 0.5) is 4.39 Å². The molecule has 13 heteroatoms. The maximum atomic E-state index is 13.8. The highest BCUT2D eigenvalue weighted by atomic mass is 32.2. The largest absolute Gasteiger partial charge is 0.370 e. The molecule has 1 aliphatic rings. The van der Waals surface area contributed by atoms with E-state index in [0.29, 0.717) is 25.7 Å². The normalized spacial score (nSPS) is 16.8. The van der Waals surface area contributed by atoms with Crippen molar-refractivity contribution in [3.63, 3.8) is 0 Å². The number of aldehydes is 1. The Bertz CT molecular complexity index is 1030. The van der Waals surface area contributed by atoms with Gasteiger partial charge in [-0.15, -0.1) is 0 Å². The SMILES string of the molecule is NC(N)=NCCC[C@@H](C=O)NC(=O)CN1C=CCC(NS(=O)(=O)Cc2ccccc2F)C1=O. The van der Waals surface area contributed by atoms with E-state index in [-0.39, 0.29) is 17.9 Å². The summed E-state index contributed by atoms with van der Waals surface area (Å²) in [4.78, 5) is 41.0. The van der Waals surface area contributed by atoms with Crippen molar-refractivity contribution in [2.75, 3.05) is 13.1 Å². The number of benzene rings is 1. The number of aliphatic imine (C=N–C) groups is 1. The van der Waals surface area contributed by atoms with Gasteiger partial charge in [-0.25, -0.2) is 17.5 Å². The summed E-state index contributed by atoms with van der Waals surface area (Å²) in [7, 11) is -4.03. The van der Waals surface area contributed by atoms with Crippen molar-refractivity contribution in [2.24, 2.45) is 16.5 Å². The van der Waals surface area contributed by atoms with Crippen molar-refractivity contribution in [3.05, 3.63) is 47.9 Å². The zero-order valence-electron chi connectivity index (χ0n) is 17.8. The number of amides is 2. The Morgan fingerprint density at radius 1 is 1.33 bits per heavy atom. The molecule has 11 nitrogen and oxygen atoms in total. The Hall–Kier alpha value is -3.32. The second kappa shape index (κ2) is 12.1. The minimum Gasteiger partial charge on any atom is -0.370 e. The molecule has 0 aliphatic carbocycles. The molecule has 1 aromatic rings. The predicted octanol–water partition coefficient (Wildman–Crippen LogP) is -0.903. The van der Waals surface area contributed by atoms with Gasteiger partial charge in [0.1, 0.15) is 24.7 Å². The third kappa shape index (κ3) is 8.61. The van der Waals surface area contributed by atoms with Crippen LogP contribution in [0, 0.1) is 5.82 Å². The minimum absolute atomic E-state index is 0.0280. The van der Waals surface area contributed by atoms with Gasteiger partial charge in [0, 0.05) is 18.3 Å². The van der Waals surface area contributed by atoms with E-state index >= 15 is 0 Å². The fourth-order valence-electron chi connectivity index (χ4n) is 3.11. The van der Waals surface area contributed by atoms with Crippen LogP contribution in [-0.4, -0.2) is 62.6 Å². The molecule has 2 amide bonds. The molecule has 0 fully saturated rings. The summed E-state index contributed by atoms with van der Waals surface area (Å²) < 4.78 is 40.9. The van der Waals surface area contributed by atoms with Crippen molar-refractivity contribution >= 4 is 34.1 Å². The van der Waals surface area contributed by atoms with Crippen LogP contribution >= 0.6 is 0 Å². The van der Waals surface area contributed by atoms with Crippen molar-refractivity contribution in [1.29, 1.82) is 0 Å². The lowest BCUT2D eigenvalue weighted by Gasteiger charge is -2.28. The molecule has 0 aromatic heterocycles. The van der Waals surface area contributed by atoms with Gasteiger partial charge in [-0.2, -0.15) is 0 Å². The zero-order chi connectivity index (χ0) is 24.4. The van der Waals surface area contributed by atoms with E-state index in [1.165, 1.54) is 30.5 Å². The molecule has 2 atom stereocenters. The molecular weight excluding hydrogens is 455 g/mol. The third-order valence-electron chi connectivity index (χ3n) is 4.66. The van der Waals surface area contributed by atoms with Crippen LogP contribution in [0.1, 0.15) is 24.8 Å². The van der Waals surface area contributed by atoms with E-state index in [1.54, 1.807) is 0 Å². The highest BCUT2D eigenvalue weighted by Crippen LogP contribution is 2.14. The Morgan fingerprint density at radius 3 is 2.73 bits per heavy atom. The zero-order valence-corrected chi connectivity index (χ0v) is 18.6. The first-order chi connectivity index (χ1) is 15.6. The van der Waals surface area contributed by atoms with Gasteiger partial charge in [-0.3, -0.25) is 14.6 Å². The lowest BCUT2D eigenvalue weighted by atomic mass is 10.1. The Morgan fingerprint density at radius 2 is 2.06 bits per heavy atom. The quantitative estimate of drug-likeness (QED) is 0.129. The van der Waals surface area contributed by atoms with Gasteiger partial charge in [0.15, 0.2) is 5.96 Å². The Balaban J connectivity index is 1.91. The van der Waals surface area contributed by atoms with Crippen LogP contribution in [0.3, 0.4) is 0 Å². The first kappa shape index (κ1) is 25.9. The van der Waals surface area contributed by atoms with Crippen LogP contribution in [0.25, 0.3) is 0 Å². The summed E-state index contributed by atoms with van der Waals surface area (Å²) in [5.41, 5.74) is 10.4. The number of sulfonamides is 1.